The molecule has 1 aromatic heterocycles. The van der Waals surface area contributed by atoms with Crippen molar-refractivity contribution < 1.29 is 5.11 Å². The van der Waals surface area contributed by atoms with Gasteiger partial charge >= 0.3 is 0 Å². The molecule has 14 heavy (non-hydrogen) atoms. The Morgan fingerprint density at radius 1 is 1.36 bits per heavy atom. The maximum Gasteiger partial charge on any atom is 0.120 e. The van der Waals surface area contributed by atoms with Crippen LogP contribution in [-0.4, -0.2) is 9.67 Å². The lowest BCUT2D eigenvalue weighted by atomic mass is 10.2. The molecule has 0 aliphatic heterocycles. The molecule has 0 bridgehead atoms. The Kier molecular flexibility index (Phi) is 2.37. The summed E-state index contributed by atoms with van der Waals surface area (Å²) in [5.74, 6) is 0. The molecule has 1 N–H and O–H groups in total. The quantitative estimate of drug-likeness (QED) is 0.768. The molecular weight excluding hydrogens is 174 g/mol. The number of fused-ring (bicyclic) bond motifs is 1. The van der Waals surface area contributed by atoms with Crippen LogP contribution in [0.2, 0.25) is 0 Å². The van der Waals surface area contributed by atoms with Crippen molar-refractivity contribution in [2.75, 3.05) is 0 Å². The van der Waals surface area contributed by atoms with Gasteiger partial charge in [0.1, 0.15) is 6.73 Å². The Hall–Kier alpha value is -1.54. The zero-order valence-electron chi connectivity index (χ0n) is 8.14. The number of hydrogen-bond donors (Lipinski definition) is 1. The van der Waals surface area contributed by atoms with Gasteiger partial charge in [0, 0.05) is 11.1 Å². The van der Waals surface area contributed by atoms with Crippen LogP contribution in [0, 0.1) is 0 Å². The van der Waals surface area contributed by atoms with Gasteiger partial charge < -0.3 is 9.67 Å². The molecule has 1 heterocycles. The van der Waals surface area contributed by atoms with Crippen molar-refractivity contribution in [3.05, 3.63) is 42.1 Å². The van der Waals surface area contributed by atoms with Crippen LogP contribution in [0.4, 0.5) is 0 Å². The van der Waals surface area contributed by atoms with Crippen molar-refractivity contribution in [1.82, 2.24) is 4.57 Å². The number of para-hydroxylation sites is 1. The van der Waals surface area contributed by atoms with Gasteiger partial charge in [0.25, 0.3) is 0 Å². The van der Waals surface area contributed by atoms with E-state index >= 15 is 0 Å². The summed E-state index contributed by atoms with van der Waals surface area (Å²) >= 11 is 0. The number of aliphatic hydroxyl groups is 1. The third-order valence-corrected chi connectivity index (χ3v) is 2.32. The van der Waals surface area contributed by atoms with E-state index in [1.807, 2.05) is 41.8 Å². The van der Waals surface area contributed by atoms with E-state index in [9.17, 15) is 5.11 Å². The predicted octanol–water partition coefficient (Wildman–Crippen LogP) is 2.62. The number of rotatable bonds is 2. The maximum atomic E-state index is 9.26. The van der Waals surface area contributed by atoms with E-state index in [4.69, 9.17) is 0 Å². The van der Waals surface area contributed by atoms with Crippen LogP contribution in [0.5, 0.6) is 0 Å². The molecule has 0 fully saturated rings. The Labute approximate surface area is 83.1 Å². The van der Waals surface area contributed by atoms with Crippen molar-refractivity contribution >= 4 is 17.0 Å². The average Bonchev–Trinajstić information content (AvgIpc) is 2.55. The highest BCUT2D eigenvalue weighted by Gasteiger charge is 2.03. The van der Waals surface area contributed by atoms with E-state index in [1.54, 1.807) is 0 Å². The molecule has 0 amide bonds. The van der Waals surface area contributed by atoms with E-state index in [2.05, 4.69) is 12.1 Å². The fourth-order valence-electron chi connectivity index (χ4n) is 1.70. The molecule has 0 unspecified atom stereocenters. The van der Waals surface area contributed by atoms with Gasteiger partial charge in [0.2, 0.25) is 0 Å². The first-order valence-corrected chi connectivity index (χ1v) is 4.68. The first kappa shape index (κ1) is 9.03. The van der Waals surface area contributed by atoms with E-state index in [-0.39, 0.29) is 6.73 Å². The molecule has 0 saturated heterocycles. The summed E-state index contributed by atoms with van der Waals surface area (Å²) in [5.41, 5.74) is 2.11. The Bertz CT molecular complexity index is 468. The first-order chi connectivity index (χ1) is 6.86. The normalized spacial score (nSPS) is 11.6. The van der Waals surface area contributed by atoms with Crippen LogP contribution in [0.1, 0.15) is 12.6 Å². The number of aromatic nitrogens is 1. The predicted molar refractivity (Wildman–Crippen MR) is 58.9 cm³/mol. The van der Waals surface area contributed by atoms with Crippen molar-refractivity contribution in [3.63, 3.8) is 0 Å². The van der Waals surface area contributed by atoms with Gasteiger partial charge in [-0.15, -0.1) is 0 Å². The summed E-state index contributed by atoms with van der Waals surface area (Å²) in [4.78, 5) is 0. The molecule has 0 aliphatic carbocycles. The molecule has 0 radical (unpaired) electrons. The van der Waals surface area contributed by atoms with Gasteiger partial charge in [0.05, 0.1) is 5.52 Å². The monoisotopic (exact) mass is 187 g/mol. The smallest absolute Gasteiger partial charge is 0.120 e. The molecule has 72 valence electrons. The van der Waals surface area contributed by atoms with Crippen LogP contribution in [0.25, 0.3) is 17.0 Å². The number of aliphatic hydroxyl groups excluding tert-OH is 1. The van der Waals surface area contributed by atoms with Crippen molar-refractivity contribution in [2.45, 2.75) is 13.7 Å². The molecule has 0 saturated carbocycles. The Balaban J connectivity index is 2.72. The lowest BCUT2D eigenvalue weighted by Crippen LogP contribution is -1.97. The van der Waals surface area contributed by atoms with Gasteiger partial charge in [-0.3, -0.25) is 0 Å². The molecule has 2 heteroatoms. The average molecular weight is 187 g/mol. The second-order valence-electron chi connectivity index (χ2n) is 3.20. The van der Waals surface area contributed by atoms with E-state index < -0.39 is 0 Å². The third kappa shape index (κ3) is 1.34. The molecule has 0 aliphatic rings. The van der Waals surface area contributed by atoms with Crippen molar-refractivity contribution in [3.8, 4) is 0 Å². The molecular formula is C12H13NO. The zero-order chi connectivity index (χ0) is 9.97. The lowest BCUT2D eigenvalue weighted by molar-refractivity contribution is 0.215. The highest BCUT2D eigenvalue weighted by molar-refractivity contribution is 5.83. The van der Waals surface area contributed by atoms with E-state index in [1.165, 1.54) is 0 Å². The number of benzene rings is 1. The minimum Gasteiger partial charge on any atom is -0.376 e. The Morgan fingerprint density at radius 3 is 2.86 bits per heavy atom. The van der Waals surface area contributed by atoms with E-state index in [0.717, 1.165) is 16.6 Å². The number of hydrogen-bond acceptors (Lipinski definition) is 1. The first-order valence-electron chi connectivity index (χ1n) is 4.68. The molecule has 2 aromatic rings. The highest BCUT2D eigenvalue weighted by atomic mass is 16.3. The van der Waals surface area contributed by atoms with Gasteiger partial charge in [-0.1, -0.05) is 24.3 Å². The zero-order valence-corrected chi connectivity index (χ0v) is 8.14. The van der Waals surface area contributed by atoms with Gasteiger partial charge in [-0.05, 0) is 25.1 Å². The summed E-state index contributed by atoms with van der Waals surface area (Å²) in [7, 11) is 0. The maximum absolute atomic E-state index is 9.26. The minimum atomic E-state index is 0.0210. The van der Waals surface area contributed by atoms with Gasteiger partial charge in [0.15, 0.2) is 0 Å². The van der Waals surface area contributed by atoms with Crippen LogP contribution < -0.4 is 0 Å². The molecule has 0 atom stereocenters. The molecule has 2 nitrogen and oxygen atoms in total. The van der Waals surface area contributed by atoms with E-state index in [0.29, 0.717) is 0 Å². The number of allylic oxidation sites excluding steroid dienone is 1. The van der Waals surface area contributed by atoms with Crippen LogP contribution in [-0.2, 0) is 6.73 Å². The highest BCUT2D eigenvalue weighted by Crippen LogP contribution is 2.20. The fourth-order valence-corrected chi connectivity index (χ4v) is 1.70. The summed E-state index contributed by atoms with van der Waals surface area (Å²) in [6.07, 6.45) is 3.97. The molecule has 0 spiro atoms. The summed E-state index contributed by atoms with van der Waals surface area (Å²) in [5, 5.41) is 10.4. The number of nitrogens with zero attached hydrogens (tertiary/aromatic N) is 1. The third-order valence-electron chi connectivity index (χ3n) is 2.32. The minimum absolute atomic E-state index is 0.0210. The lowest BCUT2D eigenvalue weighted by Gasteiger charge is -2.02. The van der Waals surface area contributed by atoms with Gasteiger partial charge in [-0.2, -0.15) is 0 Å². The van der Waals surface area contributed by atoms with Crippen molar-refractivity contribution in [2.24, 2.45) is 0 Å². The standard InChI is InChI=1S/C12H13NO/c1-2-5-11-8-10-6-3-4-7-12(10)13(11)9-14/h2-8,14H,9H2,1H3/b5-2+. The van der Waals surface area contributed by atoms with Gasteiger partial charge in [-0.25, -0.2) is 0 Å². The van der Waals surface area contributed by atoms with Crippen molar-refractivity contribution in [1.29, 1.82) is 0 Å². The second-order valence-corrected chi connectivity index (χ2v) is 3.20. The summed E-state index contributed by atoms with van der Waals surface area (Å²) in [6, 6.07) is 10.1. The Morgan fingerprint density at radius 2 is 2.14 bits per heavy atom. The van der Waals surface area contributed by atoms with Crippen LogP contribution >= 0.6 is 0 Å². The molecule has 1 aromatic carbocycles. The molecule has 2 rings (SSSR count). The summed E-state index contributed by atoms with van der Waals surface area (Å²) in [6.45, 7) is 1.99. The SMILES string of the molecule is C/C=C/c1cc2ccccc2n1CO. The second kappa shape index (κ2) is 3.68. The fraction of sp³-hybridized carbons (Fsp3) is 0.167. The van der Waals surface area contributed by atoms with Crippen LogP contribution in [0.15, 0.2) is 36.4 Å². The topological polar surface area (TPSA) is 25.2 Å². The largest absolute Gasteiger partial charge is 0.376 e. The summed E-state index contributed by atoms with van der Waals surface area (Å²) < 4.78 is 1.88. The van der Waals surface area contributed by atoms with Crippen LogP contribution in [0.3, 0.4) is 0 Å².